The van der Waals surface area contributed by atoms with Crippen molar-refractivity contribution < 1.29 is 9.90 Å². The molecule has 0 bridgehead atoms. The predicted molar refractivity (Wildman–Crippen MR) is 109 cm³/mol. The van der Waals surface area contributed by atoms with Crippen LogP contribution in [-0.2, 0) is 4.79 Å². The van der Waals surface area contributed by atoms with Crippen molar-refractivity contribution in [1.29, 1.82) is 0 Å². The molecule has 0 aromatic rings. The van der Waals surface area contributed by atoms with Crippen LogP contribution in [0.5, 0.6) is 0 Å². The first-order valence-electron chi connectivity index (χ1n) is 10.9. The number of alkyl halides is 1. The first-order chi connectivity index (χ1) is 12.1. The van der Waals surface area contributed by atoms with Crippen LogP contribution in [-0.4, -0.2) is 21.8 Å². The highest BCUT2D eigenvalue weighted by molar-refractivity contribution is 9.09. The average Bonchev–Trinajstić information content (AvgIpc) is 2.91. The summed E-state index contributed by atoms with van der Waals surface area (Å²) in [6, 6.07) is 0. The zero-order valence-electron chi connectivity index (χ0n) is 17.1. The fourth-order valence-corrected chi connectivity index (χ4v) is 8.69. The quantitative estimate of drug-likeness (QED) is 0.584. The van der Waals surface area contributed by atoms with Gasteiger partial charge in [-0.25, -0.2) is 0 Å². The number of Topliss-reactive ketones (excluding diaryl/α,β-unsaturated/α-hetero) is 1. The number of aliphatic hydroxyl groups is 1. The Bertz CT molecular complexity index is 583. The van der Waals surface area contributed by atoms with Crippen LogP contribution in [0.15, 0.2) is 0 Å². The Balaban J connectivity index is 1.63. The number of hydrogen-bond acceptors (Lipinski definition) is 2. The molecule has 148 valence electrons. The molecule has 4 aliphatic carbocycles. The third-order valence-corrected chi connectivity index (χ3v) is 10.1. The van der Waals surface area contributed by atoms with Crippen molar-refractivity contribution in [3.63, 3.8) is 0 Å². The van der Waals surface area contributed by atoms with Gasteiger partial charge in [-0.2, -0.15) is 0 Å². The molecule has 4 aliphatic rings. The van der Waals surface area contributed by atoms with E-state index < -0.39 is 5.60 Å². The summed E-state index contributed by atoms with van der Waals surface area (Å²) >= 11 is 3.44. The van der Waals surface area contributed by atoms with E-state index in [2.05, 4.69) is 43.6 Å². The number of hydrogen-bond donors (Lipinski definition) is 1. The van der Waals surface area contributed by atoms with Crippen molar-refractivity contribution in [2.45, 2.75) is 84.7 Å². The molecule has 3 heteroatoms. The second-order valence-electron chi connectivity index (χ2n) is 11.4. The van der Waals surface area contributed by atoms with Crippen molar-refractivity contribution in [3.8, 4) is 0 Å². The zero-order valence-corrected chi connectivity index (χ0v) is 18.6. The van der Waals surface area contributed by atoms with E-state index in [0.29, 0.717) is 22.4 Å². The van der Waals surface area contributed by atoms with Gasteiger partial charge in [-0.3, -0.25) is 4.79 Å². The van der Waals surface area contributed by atoms with Crippen molar-refractivity contribution in [3.05, 3.63) is 0 Å². The van der Waals surface area contributed by atoms with Gasteiger partial charge < -0.3 is 5.11 Å². The molecular formula is C23H37BrO2. The summed E-state index contributed by atoms with van der Waals surface area (Å²) in [5, 5.41) is 11.2. The van der Waals surface area contributed by atoms with Gasteiger partial charge >= 0.3 is 0 Å². The SMILES string of the molecule is CC1(C)C[C@@H]2[C@H](CC[C@]3(C)[C@@H](C(=O)CBr)CC[C@@H]23)[C@H]2CC[C@](C)(O)C[C@@H]21. The van der Waals surface area contributed by atoms with Gasteiger partial charge in [0.15, 0.2) is 0 Å². The van der Waals surface area contributed by atoms with E-state index in [1.165, 1.54) is 32.1 Å². The Morgan fingerprint density at radius 1 is 0.923 bits per heavy atom. The van der Waals surface area contributed by atoms with Gasteiger partial charge in [0.05, 0.1) is 10.9 Å². The van der Waals surface area contributed by atoms with E-state index in [0.717, 1.165) is 42.9 Å². The predicted octanol–water partition coefficient (Wildman–Crippen LogP) is 5.61. The van der Waals surface area contributed by atoms with Crippen molar-refractivity contribution >= 4 is 21.7 Å². The molecule has 0 amide bonds. The summed E-state index contributed by atoms with van der Waals surface area (Å²) in [6.45, 7) is 9.42. The second kappa shape index (κ2) is 6.31. The van der Waals surface area contributed by atoms with Crippen LogP contribution >= 0.6 is 15.9 Å². The Hall–Kier alpha value is 0.110. The average molecular weight is 425 g/mol. The van der Waals surface area contributed by atoms with Crippen LogP contribution < -0.4 is 0 Å². The lowest BCUT2D eigenvalue weighted by Gasteiger charge is -2.61. The highest BCUT2D eigenvalue weighted by atomic mass is 79.9. The number of fused-ring (bicyclic) bond motifs is 5. The summed E-state index contributed by atoms with van der Waals surface area (Å²) < 4.78 is 0. The molecule has 8 atom stereocenters. The van der Waals surface area contributed by atoms with Crippen LogP contribution in [0.4, 0.5) is 0 Å². The van der Waals surface area contributed by atoms with Gasteiger partial charge in [0.1, 0.15) is 5.78 Å². The fraction of sp³-hybridized carbons (Fsp3) is 0.957. The van der Waals surface area contributed by atoms with Gasteiger partial charge in [0.25, 0.3) is 0 Å². The molecule has 0 saturated heterocycles. The van der Waals surface area contributed by atoms with Gasteiger partial charge in [-0.05, 0) is 98.7 Å². The summed E-state index contributed by atoms with van der Waals surface area (Å²) in [5.41, 5.74) is 0.0797. The Kier molecular flexibility index (Phi) is 4.71. The molecule has 0 aliphatic heterocycles. The minimum absolute atomic E-state index is 0.231. The maximum Gasteiger partial charge on any atom is 0.147 e. The van der Waals surface area contributed by atoms with Crippen LogP contribution in [0.25, 0.3) is 0 Å². The molecule has 1 N–H and O–H groups in total. The largest absolute Gasteiger partial charge is 0.390 e. The molecule has 2 nitrogen and oxygen atoms in total. The van der Waals surface area contributed by atoms with E-state index in [1.54, 1.807) is 0 Å². The third kappa shape index (κ3) is 2.86. The van der Waals surface area contributed by atoms with E-state index in [1.807, 2.05) is 0 Å². The molecule has 0 aromatic carbocycles. The fourth-order valence-electron chi connectivity index (χ4n) is 8.30. The number of halogens is 1. The molecule has 4 fully saturated rings. The number of carbonyl (C=O) groups is 1. The summed E-state index contributed by atoms with van der Waals surface area (Å²) in [7, 11) is 0. The van der Waals surface area contributed by atoms with Crippen LogP contribution in [0, 0.1) is 46.3 Å². The number of ketones is 1. The van der Waals surface area contributed by atoms with Crippen molar-refractivity contribution in [2.75, 3.05) is 5.33 Å². The van der Waals surface area contributed by atoms with Gasteiger partial charge in [0.2, 0.25) is 0 Å². The molecule has 0 radical (unpaired) electrons. The molecule has 0 spiro atoms. The van der Waals surface area contributed by atoms with Crippen molar-refractivity contribution in [1.82, 2.24) is 0 Å². The Labute approximate surface area is 168 Å². The summed E-state index contributed by atoms with van der Waals surface area (Å²) in [4.78, 5) is 12.6. The Morgan fingerprint density at radius 3 is 2.31 bits per heavy atom. The smallest absolute Gasteiger partial charge is 0.147 e. The maximum absolute atomic E-state index is 12.6. The molecule has 4 saturated carbocycles. The lowest BCUT2D eigenvalue weighted by atomic mass is 9.44. The number of carbonyl (C=O) groups excluding carboxylic acids is 1. The highest BCUT2D eigenvalue weighted by Crippen LogP contribution is 2.67. The first-order valence-corrected chi connectivity index (χ1v) is 12.0. The van der Waals surface area contributed by atoms with Gasteiger partial charge in [0, 0.05) is 5.92 Å². The highest BCUT2D eigenvalue weighted by Gasteiger charge is 2.61. The third-order valence-electron chi connectivity index (χ3n) is 9.52. The van der Waals surface area contributed by atoms with E-state index in [4.69, 9.17) is 0 Å². The van der Waals surface area contributed by atoms with E-state index >= 15 is 0 Å². The molecule has 26 heavy (non-hydrogen) atoms. The topological polar surface area (TPSA) is 37.3 Å². The first kappa shape index (κ1) is 19.4. The minimum Gasteiger partial charge on any atom is -0.390 e. The van der Waals surface area contributed by atoms with Crippen LogP contribution in [0.2, 0.25) is 0 Å². The normalized spacial score (nSPS) is 52.7. The van der Waals surface area contributed by atoms with Gasteiger partial charge in [-0.1, -0.05) is 36.7 Å². The summed E-state index contributed by atoms with van der Waals surface area (Å²) in [5.74, 6) is 4.53. The van der Waals surface area contributed by atoms with Gasteiger partial charge in [-0.15, -0.1) is 0 Å². The van der Waals surface area contributed by atoms with Crippen molar-refractivity contribution in [2.24, 2.45) is 46.3 Å². The molecule has 0 aromatic heterocycles. The number of rotatable bonds is 2. The minimum atomic E-state index is -0.463. The zero-order chi connectivity index (χ0) is 18.9. The van der Waals surface area contributed by atoms with Crippen LogP contribution in [0.1, 0.15) is 79.1 Å². The lowest BCUT2D eigenvalue weighted by molar-refractivity contribution is -0.149. The molecule has 4 rings (SSSR count). The standard InChI is InChI=1S/C23H37BrO2/c1-21(2)11-16-14(15-7-9-22(3,26)12-19(15)21)8-10-23(4)17(16)5-6-18(23)20(25)13-24/h14-19,26H,5-13H2,1-4H3/t14-,15-,16-,17+,18-,19+,22+,23+/m1/s1. The monoisotopic (exact) mass is 424 g/mol. The van der Waals surface area contributed by atoms with Crippen LogP contribution in [0.3, 0.4) is 0 Å². The molecular weight excluding hydrogens is 388 g/mol. The molecule has 0 heterocycles. The lowest BCUT2D eigenvalue weighted by Crippen LogP contribution is -2.56. The molecule has 0 unspecified atom stereocenters. The second-order valence-corrected chi connectivity index (χ2v) is 12.0. The Morgan fingerprint density at radius 2 is 1.62 bits per heavy atom. The van der Waals surface area contributed by atoms with E-state index in [-0.39, 0.29) is 11.3 Å². The maximum atomic E-state index is 12.6. The summed E-state index contributed by atoms with van der Waals surface area (Å²) in [6.07, 6.45) is 9.37. The van der Waals surface area contributed by atoms with E-state index in [9.17, 15) is 9.90 Å².